The van der Waals surface area contributed by atoms with E-state index in [4.69, 9.17) is 5.73 Å². The smallest absolute Gasteiger partial charge is 0.335 e. The normalized spacial score (nSPS) is 15.2. The third-order valence-electron chi connectivity index (χ3n) is 4.44. The molecule has 0 bridgehead atoms. The minimum Gasteiger partial charge on any atom is -0.478 e. The molecule has 124 valence electrons. The van der Waals surface area contributed by atoms with E-state index in [9.17, 15) is 14.7 Å². The number of amides is 1. The number of aromatic nitrogens is 1. The molecule has 0 atom stereocenters. The topological polar surface area (TPSA) is 96.5 Å². The first kappa shape index (κ1) is 16.0. The summed E-state index contributed by atoms with van der Waals surface area (Å²) in [5.74, 6) is -0.486. The van der Waals surface area contributed by atoms with Crippen molar-refractivity contribution in [2.24, 2.45) is 0 Å². The monoisotopic (exact) mass is 325 g/mol. The number of nitrogen functional groups attached to an aromatic ring is 1. The first-order valence-corrected chi connectivity index (χ1v) is 7.89. The number of benzene rings is 1. The van der Waals surface area contributed by atoms with Gasteiger partial charge in [0.25, 0.3) is 5.91 Å². The summed E-state index contributed by atoms with van der Waals surface area (Å²) in [7, 11) is 0. The number of aromatic carboxylic acids is 1. The third-order valence-corrected chi connectivity index (χ3v) is 4.44. The number of likely N-dealkylation sites (tertiary alicyclic amines) is 1. The lowest BCUT2D eigenvalue weighted by Gasteiger charge is -2.32. The Kier molecular flexibility index (Phi) is 4.46. The Balaban J connectivity index is 1.70. The zero-order chi connectivity index (χ0) is 17.1. The molecule has 2 heterocycles. The van der Waals surface area contributed by atoms with Gasteiger partial charge in [-0.1, -0.05) is 18.2 Å². The van der Waals surface area contributed by atoms with Gasteiger partial charge in [-0.2, -0.15) is 0 Å². The van der Waals surface area contributed by atoms with E-state index in [1.165, 1.54) is 6.20 Å². The van der Waals surface area contributed by atoms with Crippen LogP contribution in [0.25, 0.3) is 0 Å². The van der Waals surface area contributed by atoms with E-state index >= 15 is 0 Å². The molecule has 0 aliphatic carbocycles. The van der Waals surface area contributed by atoms with Crippen molar-refractivity contribution in [3.8, 4) is 0 Å². The summed E-state index contributed by atoms with van der Waals surface area (Å²) in [5.41, 5.74) is 7.37. The van der Waals surface area contributed by atoms with Crippen LogP contribution in [0.2, 0.25) is 0 Å². The van der Waals surface area contributed by atoms with Crippen LogP contribution < -0.4 is 5.73 Å². The lowest BCUT2D eigenvalue weighted by Crippen LogP contribution is -2.38. The second kappa shape index (κ2) is 6.70. The Morgan fingerprint density at radius 3 is 2.54 bits per heavy atom. The number of hydrogen-bond acceptors (Lipinski definition) is 4. The van der Waals surface area contributed by atoms with E-state index in [2.05, 4.69) is 4.98 Å². The molecule has 1 aliphatic rings. The van der Waals surface area contributed by atoms with Gasteiger partial charge in [0.2, 0.25) is 0 Å². The molecule has 24 heavy (non-hydrogen) atoms. The van der Waals surface area contributed by atoms with Gasteiger partial charge in [0.15, 0.2) is 0 Å². The summed E-state index contributed by atoms with van der Waals surface area (Å²) in [6.07, 6.45) is 3.02. The van der Waals surface area contributed by atoms with Crippen LogP contribution in [0.4, 0.5) is 5.82 Å². The summed E-state index contributed by atoms with van der Waals surface area (Å²) >= 11 is 0. The number of hydrogen-bond donors (Lipinski definition) is 2. The molecule has 0 unspecified atom stereocenters. The molecule has 0 spiro atoms. The fourth-order valence-corrected chi connectivity index (χ4v) is 3.21. The molecule has 2 aromatic rings. The maximum atomic E-state index is 12.5. The minimum absolute atomic E-state index is 0.0610. The van der Waals surface area contributed by atoms with Gasteiger partial charge >= 0.3 is 5.97 Å². The number of piperidine rings is 1. The van der Waals surface area contributed by atoms with Gasteiger partial charge in [0.05, 0.1) is 5.56 Å². The van der Waals surface area contributed by atoms with E-state index in [1.54, 1.807) is 29.2 Å². The highest BCUT2D eigenvalue weighted by Gasteiger charge is 2.27. The minimum atomic E-state index is -0.906. The average Bonchev–Trinajstić information content (AvgIpc) is 2.61. The van der Waals surface area contributed by atoms with Gasteiger partial charge < -0.3 is 15.7 Å². The number of rotatable bonds is 3. The van der Waals surface area contributed by atoms with Crippen LogP contribution in [0, 0.1) is 0 Å². The fraction of sp³-hybridized carbons (Fsp3) is 0.278. The van der Waals surface area contributed by atoms with Crippen LogP contribution >= 0.6 is 0 Å². The Hall–Kier alpha value is -2.89. The molecule has 3 rings (SSSR count). The largest absolute Gasteiger partial charge is 0.478 e. The molecule has 0 radical (unpaired) electrons. The van der Waals surface area contributed by atoms with Crippen molar-refractivity contribution in [1.82, 2.24) is 9.88 Å². The number of pyridine rings is 1. The van der Waals surface area contributed by atoms with E-state index in [1.807, 2.05) is 12.1 Å². The highest BCUT2D eigenvalue weighted by molar-refractivity contribution is 5.95. The standard InChI is InChI=1S/C18H19N3O3/c19-16-11-13(5-8-20-16)17(22)21-9-6-12(7-10-21)14-3-1-2-4-15(14)18(23)24/h1-5,8,11-12H,6-7,9-10H2,(H2,19,20)(H,23,24). The Morgan fingerprint density at radius 2 is 1.88 bits per heavy atom. The van der Waals surface area contributed by atoms with Gasteiger partial charge in [-0.05, 0) is 42.5 Å². The average molecular weight is 325 g/mol. The molecule has 1 aliphatic heterocycles. The van der Waals surface area contributed by atoms with E-state index < -0.39 is 5.97 Å². The van der Waals surface area contributed by atoms with Crippen molar-refractivity contribution in [2.45, 2.75) is 18.8 Å². The zero-order valence-corrected chi connectivity index (χ0v) is 13.2. The summed E-state index contributed by atoms with van der Waals surface area (Å²) in [6, 6.07) is 10.3. The number of carbonyl (C=O) groups is 2. The molecule has 1 fully saturated rings. The Morgan fingerprint density at radius 1 is 1.17 bits per heavy atom. The molecule has 3 N–H and O–H groups in total. The van der Waals surface area contributed by atoms with E-state index in [0.717, 1.165) is 18.4 Å². The molecule has 1 aromatic carbocycles. The molecular formula is C18H19N3O3. The van der Waals surface area contributed by atoms with E-state index in [0.29, 0.717) is 30.0 Å². The zero-order valence-electron chi connectivity index (χ0n) is 13.2. The van der Waals surface area contributed by atoms with Crippen molar-refractivity contribution in [3.63, 3.8) is 0 Å². The highest BCUT2D eigenvalue weighted by atomic mass is 16.4. The van der Waals surface area contributed by atoms with Gasteiger partial charge in [-0.15, -0.1) is 0 Å². The molecule has 6 heteroatoms. The number of carboxylic acids is 1. The van der Waals surface area contributed by atoms with E-state index in [-0.39, 0.29) is 11.8 Å². The lowest BCUT2D eigenvalue weighted by atomic mass is 9.86. The van der Waals surface area contributed by atoms with Crippen LogP contribution in [0.5, 0.6) is 0 Å². The Labute approximate surface area is 139 Å². The van der Waals surface area contributed by atoms with Gasteiger partial charge in [-0.3, -0.25) is 4.79 Å². The second-order valence-electron chi connectivity index (χ2n) is 5.93. The fourth-order valence-electron chi connectivity index (χ4n) is 3.21. The van der Waals surface area contributed by atoms with Crippen LogP contribution in [-0.4, -0.2) is 40.0 Å². The number of carboxylic acid groups (broad SMARTS) is 1. The van der Waals surface area contributed by atoms with Crippen LogP contribution in [0.15, 0.2) is 42.6 Å². The summed E-state index contributed by atoms with van der Waals surface area (Å²) in [5, 5.41) is 9.33. The third kappa shape index (κ3) is 3.22. The molecule has 1 saturated heterocycles. The second-order valence-corrected chi connectivity index (χ2v) is 5.93. The molecule has 0 saturated carbocycles. The summed E-state index contributed by atoms with van der Waals surface area (Å²) in [6.45, 7) is 1.19. The van der Waals surface area contributed by atoms with Crippen LogP contribution in [0.1, 0.15) is 45.0 Å². The van der Waals surface area contributed by atoms with Crippen molar-refractivity contribution in [1.29, 1.82) is 0 Å². The summed E-state index contributed by atoms with van der Waals surface area (Å²) in [4.78, 5) is 29.6. The van der Waals surface area contributed by atoms with Crippen molar-refractivity contribution in [3.05, 3.63) is 59.3 Å². The van der Waals surface area contributed by atoms with Gasteiger partial charge in [-0.25, -0.2) is 9.78 Å². The van der Waals surface area contributed by atoms with Crippen molar-refractivity contribution < 1.29 is 14.7 Å². The predicted octanol–water partition coefficient (Wildman–Crippen LogP) is 2.38. The molecule has 1 amide bonds. The van der Waals surface area contributed by atoms with Crippen LogP contribution in [-0.2, 0) is 0 Å². The molecule has 1 aromatic heterocycles. The first-order chi connectivity index (χ1) is 11.6. The Bertz CT molecular complexity index is 768. The number of nitrogens with two attached hydrogens (primary N) is 1. The lowest BCUT2D eigenvalue weighted by molar-refractivity contribution is 0.0680. The molecule has 6 nitrogen and oxygen atoms in total. The van der Waals surface area contributed by atoms with Gasteiger partial charge in [0, 0.05) is 24.8 Å². The van der Waals surface area contributed by atoms with Crippen molar-refractivity contribution >= 4 is 17.7 Å². The quantitative estimate of drug-likeness (QED) is 0.903. The maximum Gasteiger partial charge on any atom is 0.335 e. The number of anilines is 1. The van der Waals surface area contributed by atoms with Crippen molar-refractivity contribution in [2.75, 3.05) is 18.8 Å². The highest BCUT2D eigenvalue weighted by Crippen LogP contribution is 2.31. The molecular weight excluding hydrogens is 306 g/mol. The predicted molar refractivity (Wildman–Crippen MR) is 89.9 cm³/mol. The SMILES string of the molecule is Nc1cc(C(=O)N2CCC(c3ccccc3C(=O)O)CC2)ccn1. The summed E-state index contributed by atoms with van der Waals surface area (Å²) < 4.78 is 0. The number of carbonyl (C=O) groups excluding carboxylic acids is 1. The van der Waals surface area contributed by atoms with Gasteiger partial charge in [0.1, 0.15) is 5.82 Å². The maximum absolute atomic E-state index is 12.5. The first-order valence-electron chi connectivity index (χ1n) is 7.89. The number of nitrogens with zero attached hydrogens (tertiary/aromatic N) is 2. The van der Waals surface area contributed by atoms with Crippen LogP contribution in [0.3, 0.4) is 0 Å².